The number of hydrogen-bond acceptors (Lipinski definition) is 3. The molecule has 0 bridgehead atoms. The van der Waals surface area contributed by atoms with Crippen LogP contribution in [0.1, 0.15) is 42.9 Å². The van der Waals surface area contributed by atoms with Crippen LogP contribution in [0.4, 0.5) is 4.79 Å². The van der Waals surface area contributed by atoms with Crippen molar-refractivity contribution in [3.05, 3.63) is 65.2 Å². The van der Waals surface area contributed by atoms with E-state index >= 15 is 0 Å². The normalized spacial score (nSPS) is 16.3. The minimum absolute atomic E-state index is 0.0265. The van der Waals surface area contributed by atoms with Crippen LogP contribution in [0.3, 0.4) is 0 Å². The van der Waals surface area contributed by atoms with E-state index in [0.29, 0.717) is 12.5 Å². The lowest BCUT2D eigenvalue weighted by molar-refractivity contribution is 0.207. The Balaban J connectivity index is 1.55. The Morgan fingerprint density at radius 2 is 1.79 bits per heavy atom. The second-order valence-corrected chi connectivity index (χ2v) is 7.59. The molecule has 2 amide bonds. The Morgan fingerprint density at radius 1 is 1.10 bits per heavy atom. The van der Waals surface area contributed by atoms with Gasteiger partial charge in [-0.05, 0) is 48.3 Å². The molecule has 2 aromatic rings. The van der Waals surface area contributed by atoms with Gasteiger partial charge in [0.2, 0.25) is 0 Å². The smallest absolute Gasteiger partial charge is 0.317 e. The standard InChI is InChI=1S/C24H33N3O2/c1-4-26(5-2)17-21-9-7-6-8-20(21)16-25-24(28)27-15-14-22(18-27)19-10-12-23(29-3)13-11-19/h6-13,22H,4-5,14-18H2,1-3H3,(H,25,28). The van der Waals surface area contributed by atoms with Gasteiger partial charge in [-0.1, -0.05) is 50.2 Å². The second kappa shape index (κ2) is 10.3. The van der Waals surface area contributed by atoms with Crippen LogP contribution < -0.4 is 10.1 Å². The molecule has 0 aliphatic carbocycles. The van der Waals surface area contributed by atoms with E-state index in [1.165, 1.54) is 16.7 Å². The molecule has 1 aliphatic rings. The predicted octanol–water partition coefficient (Wildman–Crippen LogP) is 4.24. The van der Waals surface area contributed by atoms with Crippen molar-refractivity contribution < 1.29 is 9.53 Å². The lowest BCUT2D eigenvalue weighted by Gasteiger charge is -2.21. The Kier molecular flexibility index (Phi) is 7.53. The van der Waals surface area contributed by atoms with Gasteiger partial charge < -0.3 is 15.0 Å². The molecule has 1 heterocycles. The van der Waals surface area contributed by atoms with Crippen molar-refractivity contribution in [2.75, 3.05) is 33.3 Å². The molecule has 1 atom stereocenters. The fourth-order valence-corrected chi connectivity index (χ4v) is 3.95. The molecule has 0 aromatic heterocycles. The Bertz CT molecular complexity index is 787. The van der Waals surface area contributed by atoms with Crippen molar-refractivity contribution in [3.63, 3.8) is 0 Å². The number of ether oxygens (including phenoxy) is 1. The molecule has 1 fully saturated rings. The maximum absolute atomic E-state index is 12.7. The highest BCUT2D eigenvalue weighted by Crippen LogP contribution is 2.28. The summed E-state index contributed by atoms with van der Waals surface area (Å²) in [5, 5.41) is 3.13. The first-order valence-electron chi connectivity index (χ1n) is 10.6. The van der Waals surface area contributed by atoms with Gasteiger partial charge in [-0.15, -0.1) is 0 Å². The summed E-state index contributed by atoms with van der Waals surface area (Å²) in [6.07, 6.45) is 0.998. The molecule has 2 aromatic carbocycles. The molecule has 1 N–H and O–H groups in total. The highest BCUT2D eigenvalue weighted by molar-refractivity contribution is 5.74. The zero-order chi connectivity index (χ0) is 20.6. The average molecular weight is 396 g/mol. The quantitative estimate of drug-likeness (QED) is 0.727. The van der Waals surface area contributed by atoms with Crippen LogP contribution in [-0.2, 0) is 13.1 Å². The van der Waals surface area contributed by atoms with Crippen molar-refractivity contribution >= 4 is 6.03 Å². The monoisotopic (exact) mass is 395 g/mol. The second-order valence-electron chi connectivity index (χ2n) is 7.59. The molecular formula is C24H33N3O2. The highest BCUT2D eigenvalue weighted by atomic mass is 16.5. The van der Waals surface area contributed by atoms with Crippen molar-refractivity contribution in [1.82, 2.24) is 15.1 Å². The molecule has 1 unspecified atom stereocenters. The zero-order valence-corrected chi connectivity index (χ0v) is 17.9. The minimum atomic E-state index is 0.0265. The summed E-state index contributed by atoms with van der Waals surface area (Å²) < 4.78 is 5.24. The first-order chi connectivity index (χ1) is 14.1. The number of amides is 2. The molecule has 5 heteroatoms. The predicted molar refractivity (Wildman–Crippen MR) is 117 cm³/mol. The van der Waals surface area contributed by atoms with Crippen molar-refractivity contribution in [2.45, 2.75) is 39.3 Å². The minimum Gasteiger partial charge on any atom is -0.497 e. The van der Waals surface area contributed by atoms with E-state index in [4.69, 9.17) is 4.74 Å². The van der Waals surface area contributed by atoms with Crippen LogP contribution >= 0.6 is 0 Å². The van der Waals surface area contributed by atoms with Gasteiger partial charge in [-0.3, -0.25) is 4.90 Å². The number of methoxy groups -OCH3 is 1. The third-order valence-electron chi connectivity index (χ3n) is 5.90. The maximum Gasteiger partial charge on any atom is 0.317 e. The number of nitrogens with zero attached hydrogens (tertiary/aromatic N) is 2. The van der Waals surface area contributed by atoms with Gasteiger partial charge in [0.05, 0.1) is 7.11 Å². The van der Waals surface area contributed by atoms with Gasteiger partial charge >= 0.3 is 6.03 Å². The van der Waals surface area contributed by atoms with Gasteiger partial charge in [0, 0.05) is 32.1 Å². The first kappa shape index (κ1) is 21.2. The van der Waals surface area contributed by atoms with Crippen LogP contribution in [0.2, 0.25) is 0 Å². The topological polar surface area (TPSA) is 44.8 Å². The van der Waals surface area contributed by atoms with E-state index in [1.54, 1.807) is 7.11 Å². The van der Waals surface area contributed by atoms with E-state index in [2.05, 4.69) is 54.4 Å². The molecule has 5 nitrogen and oxygen atoms in total. The van der Waals surface area contributed by atoms with E-state index in [9.17, 15) is 4.79 Å². The summed E-state index contributed by atoms with van der Waals surface area (Å²) in [6, 6.07) is 16.6. The van der Waals surface area contributed by atoms with E-state index < -0.39 is 0 Å². The third-order valence-corrected chi connectivity index (χ3v) is 5.90. The summed E-state index contributed by atoms with van der Waals surface area (Å²) in [7, 11) is 1.68. The van der Waals surface area contributed by atoms with Crippen LogP contribution in [-0.4, -0.2) is 49.1 Å². The van der Waals surface area contributed by atoms with Gasteiger partial charge in [0.15, 0.2) is 0 Å². The number of carbonyl (C=O) groups excluding carboxylic acids is 1. The maximum atomic E-state index is 12.7. The molecule has 3 rings (SSSR count). The number of urea groups is 1. The fraction of sp³-hybridized carbons (Fsp3) is 0.458. The highest BCUT2D eigenvalue weighted by Gasteiger charge is 2.27. The molecule has 29 heavy (non-hydrogen) atoms. The lowest BCUT2D eigenvalue weighted by Crippen LogP contribution is -2.38. The van der Waals surface area contributed by atoms with Crippen LogP contribution in [0.15, 0.2) is 48.5 Å². The van der Waals surface area contributed by atoms with Crippen molar-refractivity contribution in [3.8, 4) is 5.75 Å². The molecule has 156 valence electrons. The Morgan fingerprint density at radius 3 is 2.45 bits per heavy atom. The van der Waals surface area contributed by atoms with Gasteiger partial charge in [0.1, 0.15) is 5.75 Å². The van der Waals surface area contributed by atoms with Crippen LogP contribution in [0, 0.1) is 0 Å². The van der Waals surface area contributed by atoms with E-state index in [1.807, 2.05) is 23.1 Å². The van der Waals surface area contributed by atoms with E-state index in [0.717, 1.165) is 44.9 Å². The Hall–Kier alpha value is -2.53. The van der Waals surface area contributed by atoms with Gasteiger partial charge in [0.25, 0.3) is 0 Å². The van der Waals surface area contributed by atoms with E-state index in [-0.39, 0.29) is 6.03 Å². The molecule has 0 spiro atoms. The zero-order valence-electron chi connectivity index (χ0n) is 17.9. The molecule has 1 aliphatic heterocycles. The number of benzene rings is 2. The van der Waals surface area contributed by atoms with Crippen molar-refractivity contribution in [2.24, 2.45) is 0 Å². The molecule has 0 radical (unpaired) electrons. The number of nitrogens with one attached hydrogen (secondary N) is 1. The number of likely N-dealkylation sites (tertiary alicyclic amines) is 1. The summed E-state index contributed by atoms with van der Waals surface area (Å²) in [5.74, 6) is 1.26. The largest absolute Gasteiger partial charge is 0.497 e. The number of hydrogen-bond donors (Lipinski definition) is 1. The lowest BCUT2D eigenvalue weighted by atomic mass is 9.98. The molecular weight excluding hydrogens is 362 g/mol. The SMILES string of the molecule is CCN(CC)Cc1ccccc1CNC(=O)N1CCC(c2ccc(OC)cc2)C1. The molecule has 1 saturated heterocycles. The Labute approximate surface area is 174 Å². The third kappa shape index (κ3) is 5.51. The van der Waals surface area contributed by atoms with Gasteiger partial charge in [-0.25, -0.2) is 4.79 Å². The number of rotatable bonds is 8. The molecule has 0 saturated carbocycles. The summed E-state index contributed by atoms with van der Waals surface area (Å²) in [6.45, 7) is 9.46. The van der Waals surface area contributed by atoms with Gasteiger partial charge in [-0.2, -0.15) is 0 Å². The van der Waals surface area contributed by atoms with Crippen LogP contribution in [0.25, 0.3) is 0 Å². The summed E-state index contributed by atoms with van der Waals surface area (Å²) in [5.41, 5.74) is 3.75. The summed E-state index contributed by atoms with van der Waals surface area (Å²) >= 11 is 0. The summed E-state index contributed by atoms with van der Waals surface area (Å²) in [4.78, 5) is 17.0. The average Bonchev–Trinajstić information content (AvgIpc) is 3.27. The number of carbonyl (C=O) groups is 1. The fourth-order valence-electron chi connectivity index (χ4n) is 3.95. The van der Waals surface area contributed by atoms with Crippen molar-refractivity contribution in [1.29, 1.82) is 0 Å². The van der Waals surface area contributed by atoms with Crippen LogP contribution in [0.5, 0.6) is 5.75 Å². The first-order valence-corrected chi connectivity index (χ1v) is 10.6.